The molecule has 0 aliphatic carbocycles. The van der Waals surface area contributed by atoms with Crippen LogP contribution in [0.5, 0.6) is 0 Å². The fraction of sp³-hybridized carbons (Fsp3) is 0.320. The smallest absolute Gasteiger partial charge is 0.414 e. The van der Waals surface area contributed by atoms with Crippen molar-refractivity contribution in [3.8, 4) is 0 Å². The number of carbonyl (C=O) groups excluding carboxylic acids is 3. The molecule has 0 spiro atoms. The van der Waals surface area contributed by atoms with Gasteiger partial charge in [0.1, 0.15) is 17.6 Å². The van der Waals surface area contributed by atoms with Crippen LogP contribution >= 0.6 is 0 Å². The summed E-state index contributed by atoms with van der Waals surface area (Å²) in [6.45, 7) is 2.04. The predicted molar refractivity (Wildman–Crippen MR) is 138 cm³/mol. The van der Waals surface area contributed by atoms with Crippen molar-refractivity contribution in [3.05, 3.63) is 66.9 Å². The van der Waals surface area contributed by atoms with E-state index in [0.29, 0.717) is 49.7 Å². The lowest BCUT2D eigenvalue weighted by atomic mass is 10.2. The lowest BCUT2D eigenvalue weighted by Crippen LogP contribution is -2.51. The SMILES string of the molecule is O=C(NCC(=O)N1CCN(c2ccc(N3C[C@H](Cn4ccnn4)OC3=O)cc2F)CC1)c1cn2ccncc2n1. The number of amides is 3. The van der Waals surface area contributed by atoms with Crippen molar-refractivity contribution >= 4 is 34.9 Å². The molecule has 2 aliphatic heterocycles. The minimum atomic E-state index is -0.547. The van der Waals surface area contributed by atoms with Crippen molar-refractivity contribution in [2.24, 2.45) is 0 Å². The Kier molecular flexibility index (Phi) is 6.67. The molecule has 0 radical (unpaired) electrons. The molecule has 5 heterocycles. The molecule has 0 saturated carbocycles. The van der Waals surface area contributed by atoms with Gasteiger partial charge in [0.2, 0.25) is 5.91 Å². The second-order valence-corrected chi connectivity index (χ2v) is 9.40. The first-order valence-corrected chi connectivity index (χ1v) is 12.7. The second kappa shape index (κ2) is 10.6. The van der Waals surface area contributed by atoms with Gasteiger partial charge in [-0.15, -0.1) is 5.10 Å². The molecule has 4 aromatic rings. The first-order valence-electron chi connectivity index (χ1n) is 12.7. The minimum Gasteiger partial charge on any atom is -0.442 e. The van der Waals surface area contributed by atoms with Crippen LogP contribution in [-0.4, -0.2) is 97.5 Å². The van der Waals surface area contributed by atoms with E-state index >= 15 is 4.39 Å². The summed E-state index contributed by atoms with van der Waals surface area (Å²) >= 11 is 0. The maximum absolute atomic E-state index is 15.1. The van der Waals surface area contributed by atoms with Crippen molar-refractivity contribution in [3.63, 3.8) is 0 Å². The molecule has 0 bridgehead atoms. The average Bonchev–Trinajstić information content (AvgIpc) is 3.72. The second-order valence-electron chi connectivity index (χ2n) is 9.40. The molecule has 0 unspecified atom stereocenters. The van der Waals surface area contributed by atoms with Gasteiger partial charge >= 0.3 is 6.09 Å². The molecule has 14 nitrogen and oxygen atoms in total. The number of imidazole rings is 1. The third-order valence-corrected chi connectivity index (χ3v) is 6.85. The first-order chi connectivity index (χ1) is 19.4. The molecule has 3 aromatic heterocycles. The molecular formula is C25H25FN10O4. The molecule has 1 aromatic carbocycles. The summed E-state index contributed by atoms with van der Waals surface area (Å²) in [6.07, 6.45) is 8.61. The Morgan fingerprint density at radius 3 is 2.73 bits per heavy atom. The number of nitrogens with zero attached hydrogens (tertiary/aromatic N) is 9. The summed E-state index contributed by atoms with van der Waals surface area (Å²) in [5.74, 6) is -1.16. The molecule has 6 rings (SSSR count). The normalized spacial score (nSPS) is 17.4. The molecule has 1 N–H and O–H groups in total. The van der Waals surface area contributed by atoms with Crippen LogP contribution in [0.15, 0.2) is 55.4 Å². The summed E-state index contributed by atoms with van der Waals surface area (Å²) in [5, 5.41) is 10.2. The number of fused-ring (bicyclic) bond motifs is 1. The number of nitrogens with one attached hydrogen (secondary N) is 1. The third-order valence-electron chi connectivity index (χ3n) is 6.85. The summed E-state index contributed by atoms with van der Waals surface area (Å²) < 4.78 is 23.8. The summed E-state index contributed by atoms with van der Waals surface area (Å²) in [4.78, 5) is 50.5. The van der Waals surface area contributed by atoms with Crippen LogP contribution < -0.4 is 15.1 Å². The number of anilines is 2. The van der Waals surface area contributed by atoms with Crippen molar-refractivity contribution in [2.75, 3.05) is 49.1 Å². The highest BCUT2D eigenvalue weighted by Gasteiger charge is 2.33. The lowest BCUT2D eigenvalue weighted by Gasteiger charge is -2.36. The van der Waals surface area contributed by atoms with Crippen LogP contribution in [-0.2, 0) is 16.1 Å². The van der Waals surface area contributed by atoms with Crippen LogP contribution in [0, 0.1) is 5.82 Å². The van der Waals surface area contributed by atoms with E-state index in [1.54, 1.807) is 57.1 Å². The van der Waals surface area contributed by atoms with Crippen molar-refractivity contribution in [1.29, 1.82) is 0 Å². The Bertz CT molecular complexity index is 1520. The van der Waals surface area contributed by atoms with E-state index in [1.165, 1.54) is 17.2 Å². The number of cyclic esters (lactones) is 1. The van der Waals surface area contributed by atoms with Crippen LogP contribution in [0.4, 0.5) is 20.6 Å². The molecule has 40 heavy (non-hydrogen) atoms. The van der Waals surface area contributed by atoms with E-state index in [1.807, 2.05) is 4.90 Å². The fourth-order valence-corrected chi connectivity index (χ4v) is 4.79. The molecular weight excluding hydrogens is 523 g/mol. The maximum atomic E-state index is 15.1. The van der Waals surface area contributed by atoms with Gasteiger partial charge in [-0.3, -0.25) is 19.5 Å². The molecule has 206 valence electrons. The third kappa shape index (κ3) is 5.12. The number of carbonyl (C=O) groups is 3. The Hall–Kier alpha value is -5.08. The molecule has 3 amide bonds. The van der Waals surface area contributed by atoms with Gasteiger partial charge < -0.3 is 24.3 Å². The highest BCUT2D eigenvalue weighted by Crippen LogP contribution is 2.29. The van der Waals surface area contributed by atoms with E-state index in [0.717, 1.165) is 0 Å². The van der Waals surface area contributed by atoms with Gasteiger partial charge in [-0.05, 0) is 18.2 Å². The molecule has 15 heteroatoms. The van der Waals surface area contributed by atoms with E-state index in [4.69, 9.17) is 4.74 Å². The van der Waals surface area contributed by atoms with Crippen molar-refractivity contribution in [1.82, 2.24) is 39.6 Å². The molecule has 2 aliphatic rings. The number of ether oxygens (including phenoxy) is 1. The van der Waals surface area contributed by atoms with Gasteiger partial charge in [0.15, 0.2) is 5.65 Å². The molecule has 2 fully saturated rings. The van der Waals surface area contributed by atoms with Gasteiger partial charge in [-0.2, -0.15) is 0 Å². The Balaban J connectivity index is 1.01. The maximum Gasteiger partial charge on any atom is 0.414 e. The Morgan fingerprint density at radius 1 is 1.12 bits per heavy atom. The van der Waals surface area contributed by atoms with Crippen LogP contribution in [0.2, 0.25) is 0 Å². The number of benzene rings is 1. The lowest BCUT2D eigenvalue weighted by molar-refractivity contribution is -0.130. The molecule has 1 atom stereocenters. The van der Waals surface area contributed by atoms with E-state index in [-0.39, 0.29) is 24.7 Å². The van der Waals surface area contributed by atoms with Gasteiger partial charge in [-0.25, -0.2) is 18.9 Å². The largest absolute Gasteiger partial charge is 0.442 e. The quantitative estimate of drug-likeness (QED) is 0.351. The average molecular weight is 549 g/mol. The van der Waals surface area contributed by atoms with Crippen LogP contribution in [0.1, 0.15) is 10.5 Å². The van der Waals surface area contributed by atoms with Gasteiger partial charge in [0.25, 0.3) is 5.91 Å². The summed E-state index contributed by atoms with van der Waals surface area (Å²) in [5.41, 5.74) is 1.51. The number of halogens is 1. The topological polar surface area (TPSA) is 143 Å². The summed E-state index contributed by atoms with van der Waals surface area (Å²) in [7, 11) is 0. The van der Waals surface area contributed by atoms with Crippen LogP contribution in [0.25, 0.3) is 5.65 Å². The fourth-order valence-electron chi connectivity index (χ4n) is 4.79. The highest BCUT2D eigenvalue weighted by atomic mass is 19.1. The zero-order chi connectivity index (χ0) is 27.6. The van der Waals surface area contributed by atoms with E-state index < -0.39 is 23.9 Å². The first kappa shape index (κ1) is 25.2. The zero-order valence-electron chi connectivity index (χ0n) is 21.3. The van der Waals surface area contributed by atoms with E-state index in [2.05, 4.69) is 25.6 Å². The minimum absolute atomic E-state index is 0.169. The standard InChI is InChI=1S/C25H25FN10O4/c26-19-11-17(36-15-18(40-25(36)39)14-35-6-4-29-31-35)1-2-21(19)32-7-9-33(10-8-32)23(37)13-28-24(38)20-16-34-5-3-27-12-22(34)30-20/h1-6,11-12,16,18H,7-10,13-15H2,(H,28,38)/t18-/m0/s1. The number of hydrogen-bond acceptors (Lipinski definition) is 9. The van der Waals surface area contributed by atoms with Gasteiger partial charge in [0, 0.05) is 51.0 Å². The zero-order valence-corrected chi connectivity index (χ0v) is 21.3. The van der Waals surface area contributed by atoms with Crippen molar-refractivity contribution in [2.45, 2.75) is 12.6 Å². The Morgan fingerprint density at radius 2 is 1.98 bits per heavy atom. The van der Waals surface area contributed by atoms with Gasteiger partial charge in [0.05, 0.1) is 43.4 Å². The summed E-state index contributed by atoms with van der Waals surface area (Å²) in [6, 6.07) is 4.63. The van der Waals surface area contributed by atoms with E-state index in [9.17, 15) is 14.4 Å². The monoisotopic (exact) mass is 548 g/mol. The number of rotatable bonds is 7. The van der Waals surface area contributed by atoms with Crippen molar-refractivity contribution < 1.29 is 23.5 Å². The van der Waals surface area contributed by atoms with Gasteiger partial charge in [-0.1, -0.05) is 5.21 Å². The molecule has 2 saturated heterocycles. The number of aromatic nitrogens is 6. The predicted octanol–water partition coefficient (Wildman–Crippen LogP) is 0.564. The number of piperazine rings is 1. The van der Waals surface area contributed by atoms with Crippen LogP contribution in [0.3, 0.4) is 0 Å². The number of hydrogen-bond donors (Lipinski definition) is 1. The highest BCUT2D eigenvalue weighted by molar-refractivity contribution is 5.95. The Labute approximate surface area is 226 Å².